The summed E-state index contributed by atoms with van der Waals surface area (Å²) in [4.78, 5) is 0. The molecule has 2 rings (SSSR count). The van der Waals surface area contributed by atoms with Gasteiger partial charge in [-0.3, -0.25) is 0 Å². The zero-order valence-electron chi connectivity index (χ0n) is 8.08. The molecule has 2 nitrogen and oxygen atoms in total. The van der Waals surface area contributed by atoms with Gasteiger partial charge in [0.25, 0.3) is 0 Å². The second-order valence-corrected chi connectivity index (χ2v) is 5.42. The van der Waals surface area contributed by atoms with Gasteiger partial charge in [-0.15, -0.1) is 0 Å². The van der Waals surface area contributed by atoms with E-state index in [9.17, 15) is 0 Å². The SMILES string of the molecule is NC(c1ccc(Cl)cc1Br)c1occc1Br. The fourth-order valence-electron chi connectivity index (χ4n) is 1.42. The molecule has 2 aromatic rings. The minimum Gasteiger partial charge on any atom is -0.466 e. The van der Waals surface area contributed by atoms with E-state index in [1.54, 1.807) is 12.3 Å². The molecule has 0 radical (unpaired) electrons. The summed E-state index contributed by atoms with van der Waals surface area (Å²) in [6, 6.07) is 6.99. The van der Waals surface area contributed by atoms with Gasteiger partial charge < -0.3 is 10.2 Å². The number of furan rings is 1. The van der Waals surface area contributed by atoms with Crippen LogP contribution in [0.5, 0.6) is 0 Å². The van der Waals surface area contributed by atoms with Crippen LogP contribution in [0.2, 0.25) is 5.02 Å². The third-order valence-corrected chi connectivity index (χ3v) is 3.80. The average Bonchev–Trinajstić information content (AvgIpc) is 2.63. The van der Waals surface area contributed by atoms with Crippen molar-refractivity contribution in [1.82, 2.24) is 0 Å². The molecule has 1 unspecified atom stereocenters. The van der Waals surface area contributed by atoms with Crippen LogP contribution in [0.3, 0.4) is 0 Å². The van der Waals surface area contributed by atoms with Gasteiger partial charge in [-0.05, 0) is 39.7 Å². The summed E-state index contributed by atoms with van der Waals surface area (Å²) in [5.74, 6) is 0.697. The topological polar surface area (TPSA) is 39.2 Å². The molecule has 0 fully saturated rings. The number of benzene rings is 1. The first kappa shape index (κ1) is 12.2. The molecule has 0 amide bonds. The van der Waals surface area contributed by atoms with E-state index < -0.39 is 0 Å². The van der Waals surface area contributed by atoms with Crippen molar-refractivity contribution in [2.75, 3.05) is 0 Å². The second-order valence-electron chi connectivity index (χ2n) is 3.28. The Morgan fingerprint density at radius 1 is 1.19 bits per heavy atom. The van der Waals surface area contributed by atoms with Crippen LogP contribution < -0.4 is 5.73 Å². The van der Waals surface area contributed by atoms with E-state index in [2.05, 4.69) is 31.9 Å². The predicted octanol–water partition coefficient (Wildman–Crippen LogP) is 4.51. The molecule has 0 aliphatic rings. The minimum absolute atomic E-state index is 0.323. The third kappa shape index (κ3) is 2.35. The Bertz CT molecular complexity index is 512. The van der Waals surface area contributed by atoms with Gasteiger partial charge in [-0.2, -0.15) is 0 Å². The normalized spacial score (nSPS) is 12.8. The Morgan fingerprint density at radius 2 is 1.94 bits per heavy atom. The molecule has 0 aliphatic carbocycles. The smallest absolute Gasteiger partial charge is 0.139 e. The van der Waals surface area contributed by atoms with Crippen molar-refractivity contribution in [3.05, 3.63) is 55.8 Å². The Kier molecular flexibility index (Phi) is 3.74. The largest absolute Gasteiger partial charge is 0.466 e. The van der Waals surface area contributed by atoms with Crippen molar-refractivity contribution in [2.45, 2.75) is 6.04 Å². The number of nitrogens with two attached hydrogens (primary N) is 1. The lowest BCUT2D eigenvalue weighted by atomic mass is 10.1. The van der Waals surface area contributed by atoms with Crippen molar-refractivity contribution in [2.24, 2.45) is 5.73 Å². The second kappa shape index (κ2) is 4.92. The van der Waals surface area contributed by atoms with Crippen molar-refractivity contribution < 1.29 is 4.42 Å². The Hall–Kier alpha value is -0.290. The minimum atomic E-state index is -0.323. The molecule has 0 spiro atoms. The van der Waals surface area contributed by atoms with E-state index in [-0.39, 0.29) is 6.04 Å². The predicted molar refractivity (Wildman–Crippen MR) is 71.6 cm³/mol. The van der Waals surface area contributed by atoms with E-state index in [0.29, 0.717) is 10.8 Å². The van der Waals surface area contributed by atoms with E-state index in [1.807, 2.05) is 18.2 Å². The number of rotatable bonds is 2. The molecule has 0 saturated carbocycles. The van der Waals surface area contributed by atoms with E-state index in [4.69, 9.17) is 21.8 Å². The van der Waals surface area contributed by atoms with Crippen LogP contribution in [0.15, 0.2) is 43.9 Å². The van der Waals surface area contributed by atoms with Gasteiger partial charge in [0.05, 0.1) is 16.8 Å². The van der Waals surface area contributed by atoms with Crippen LogP contribution in [0, 0.1) is 0 Å². The van der Waals surface area contributed by atoms with Gasteiger partial charge in [0.1, 0.15) is 5.76 Å². The average molecular weight is 365 g/mol. The molecule has 16 heavy (non-hydrogen) atoms. The number of halogens is 3. The first-order valence-electron chi connectivity index (χ1n) is 4.53. The molecule has 1 atom stereocenters. The fraction of sp³-hybridized carbons (Fsp3) is 0.0909. The molecule has 2 N–H and O–H groups in total. The van der Waals surface area contributed by atoms with Crippen LogP contribution in [0.4, 0.5) is 0 Å². The number of hydrogen-bond donors (Lipinski definition) is 1. The maximum absolute atomic E-state index is 6.12. The van der Waals surface area contributed by atoms with E-state index >= 15 is 0 Å². The summed E-state index contributed by atoms with van der Waals surface area (Å²) < 4.78 is 7.07. The van der Waals surface area contributed by atoms with Crippen LogP contribution in [0.25, 0.3) is 0 Å². The first-order chi connectivity index (χ1) is 7.59. The van der Waals surface area contributed by atoms with Crippen LogP contribution in [-0.4, -0.2) is 0 Å². The van der Waals surface area contributed by atoms with Crippen molar-refractivity contribution in [1.29, 1.82) is 0 Å². The molecule has 0 bridgehead atoms. The summed E-state index contributed by atoms with van der Waals surface area (Å²) in [6.45, 7) is 0. The van der Waals surface area contributed by atoms with Crippen molar-refractivity contribution in [3.8, 4) is 0 Å². The first-order valence-corrected chi connectivity index (χ1v) is 6.49. The summed E-state index contributed by atoms with van der Waals surface area (Å²) >= 11 is 12.7. The van der Waals surface area contributed by atoms with Crippen LogP contribution in [0.1, 0.15) is 17.4 Å². The Balaban J connectivity index is 2.41. The van der Waals surface area contributed by atoms with Gasteiger partial charge in [0.15, 0.2) is 0 Å². The lowest BCUT2D eigenvalue weighted by Crippen LogP contribution is -2.12. The highest BCUT2D eigenvalue weighted by Crippen LogP contribution is 2.32. The molecule has 5 heteroatoms. The molecular formula is C11H8Br2ClNO. The number of hydrogen-bond acceptors (Lipinski definition) is 2. The monoisotopic (exact) mass is 363 g/mol. The molecular weight excluding hydrogens is 357 g/mol. The summed E-state index contributed by atoms with van der Waals surface area (Å²) in [5.41, 5.74) is 7.05. The summed E-state index contributed by atoms with van der Waals surface area (Å²) in [6.07, 6.45) is 1.60. The van der Waals surface area contributed by atoms with Crippen molar-refractivity contribution >= 4 is 43.5 Å². The van der Waals surface area contributed by atoms with Gasteiger partial charge in [0, 0.05) is 9.50 Å². The summed E-state index contributed by atoms with van der Waals surface area (Å²) in [5, 5.41) is 0.668. The third-order valence-electron chi connectivity index (χ3n) is 2.22. The molecule has 0 aliphatic heterocycles. The van der Waals surface area contributed by atoms with Gasteiger partial charge >= 0.3 is 0 Å². The van der Waals surface area contributed by atoms with Crippen molar-refractivity contribution in [3.63, 3.8) is 0 Å². The highest BCUT2D eigenvalue weighted by molar-refractivity contribution is 9.10. The maximum Gasteiger partial charge on any atom is 0.139 e. The maximum atomic E-state index is 6.12. The van der Waals surface area contributed by atoms with E-state index in [0.717, 1.165) is 14.5 Å². The molecule has 1 heterocycles. The Labute approximate surface area is 115 Å². The van der Waals surface area contributed by atoms with Gasteiger partial charge in [-0.25, -0.2) is 0 Å². The molecule has 1 aromatic carbocycles. The molecule has 1 aromatic heterocycles. The summed E-state index contributed by atoms with van der Waals surface area (Å²) in [7, 11) is 0. The van der Waals surface area contributed by atoms with E-state index in [1.165, 1.54) is 0 Å². The Morgan fingerprint density at radius 3 is 2.50 bits per heavy atom. The van der Waals surface area contributed by atoms with Gasteiger partial charge in [0.2, 0.25) is 0 Å². The zero-order chi connectivity index (χ0) is 11.7. The van der Waals surface area contributed by atoms with Gasteiger partial charge in [-0.1, -0.05) is 33.6 Å². The zero-order valence-corrected chi connectivity index (χ0v) is 12.0. The van der Waals surface area contributed by atoms with Crippen LogP contribution >= 0.6 is 43.5 Å². The molecule has 84 valence electrons. The molecule has 0 saturated heterocycles. The lowest BCUT2D eigenvalue weighted by Gasteiger charge is -2.12. The highest BCUT2D eigenvalue weighted by atomic mass is 79.9. The standard InChI is InChI=1S/C11H8Br2ClNO/c12-8-3-4-16-11(8)10(15)7-2-1-6(14)5-9(7)13/h1-5,10H,15H2. The fourth-order valence-corrected chi connectivity index (χ4v) is 2.80. The highest BCUT2D eigenvalue weighted by Gasteiger charge is 2.18. The quantitative estimate of drug-likeness (QED) is 0.851. The lowest BCUT2D eigenvalue weighted by molar-refractivity contribution is 0.487. The van der Waals surface area contributed by atoms with Crippen LogP contribution in [-0.2, 0) is 0 Å².